The summed E-state index contributed by atoms with van der Waals surface area (Å²) in [4.78, 5) is 0. The Hall–Kier alpha value is -1.22. The van der Waals surface area contributed by atoms with E-state index in [9.17, 15) is 0 Å². The summed E-state index contributed by atoms with van der Waals surface area (Å²) in [5.41, 5.74) is 0.134. The fourth-order valence-electron chi connectivity index (χ4n) is 2.50. The van der Waals surface area contributed by atoms with Gasteiger partial charge in [0, 0.05) is 0 Å². The second-order valence-electron chi connectivity index (χ2n) is 6.21. The molecule has 1 heterocycles. The number of rotatable bonds is 4. The zero-order valence-electron chi connectivity index (χ0n) is 12.4. The van der Waals surface area contributed by atoms with Crippen LogP contribution in [-0.2, 0) is 0 Å². The summed E-state index contributed by atoms with van der Waals surface area (Å²) in [5.74, 6) is 1.70. The summed E-state index contributed by atoms with van der Waals surface area (Å²) in [7, 11) is 0. The number of nitrogens with one attached hydrogen (secondary N) is 1. The lowest BCUT2D eigenvalue weighted by molar-refractivity contribution is 0.0274. The Morgan fingerprint density at radius 1 is 1.26 bits per heavy atom. The van der Waals surface area contributed by atoms with Crippen molar-refractivity contribution in [3.05, 3.63) is 24.3 Å². The summed E-state index contributed by atoms with van der Waals surface area (Å²) < 4.78 is 12.0. The van der Waals surface area contributed by atoms with Crippen molar-refractivity contribution in [2.45, 2.75) is 46.3 Å². The molecule has 0 saturated carbocycles. The Balaban J connectivity index is 2.12. The number of hydrogen-bond acceptors (Lipinski definition) is 3. The van der Waals surface area contributed by atoms with Crippen LogP contribution >= 0.6 is 0 Å². The van der Waals surface area contributed by atoms with Crippen molar-refractivity contribution in [1.29, 1.82) is 0 Å². The van der Waals surface area contributed by atoms with Gasteiger partial charge in [0.1, 0.15) is 12.7 Å². The lowest BCUT2D eigenvalue weighted by atomic mass is 9.83. The molecule has 0 saturated heterocycles. The second-order valence-corrected chi connectivity index (χ2v) is 6.21. The van der Waals surface area contributed by atoms with Gasteiger partial charge in [0.25, 0.3) is 0 Å². The van der Waals surface area contributed by atoms with Crippen LogP contribution in [0.2, 0.25) is 0 Å². The van der Waals surface area contributed by atoms with E-state index in [0.717, 1.165) is 24.5 Å². The molecule has 1 aromatic carbocycles. The first kappa shape index (κ1) is 14.2. The minimum Gasteiger partial charge on any atom is -0.486 e. The standard InChI is InChI=1S/C16H25NO2/c1-5-10-17-15(16(2,3)4)14-11-18-12-8-6-7-9-13(12)19-14/h6-9,14-15,17H,5,10-11H2,1-4H3. The van der Waals surface area contributed by atoms with Gasteiger partial charge in [-0.15, -0.1) is 0 Å². The molecular formula is C16H25NO2. The third-order valence-electron chi connectivity index (χ3n) is 3.45. The SMILES string of the molecule is CCCNC(C1COc2ccccc2O1)C(C)(C)C. The fourth-order valence-corrected chi connectivity index (χ4v) is 2.50. The third kappa shape index (κ3) is 3.41. The van der Waals surface area contributed by atoms with Crippen molar-refractivity contribution in [2.24, 2.45) is 5.41 Å². The molecule has 2 rings (SSSR count). The summed E-state index contributed by atoms with van der Waals surface area (Å²) >= 11 is 0. The highest BCUT2D eigenvalue weighted by Crippen LogP contribution is 2.34. The van der Waals surface area contributed by atoms with Gasteiger partial charge in [-0.3, -0.25) is 0 Å². The molecule has 106 valence electrons. The van der Waals surface area contributed by atoms with Gasteiger partial charge < -0.3 is 14.8 Å². The molecule has 0 fully saturated rings. The van der Waals surface area contributed by atoms with E-state index in [1.165, 1.54) is 0 Å². The van der Waals surface area contributed by atoms with E-state index in [4.69, 9.17) is 9.47 Å². The van der Waals surface area contributed by atoms with Crippen LogP contribution in [0.4, 0.5) is 0 Å². The predicted octanol–water partition coefficient (Wildman–Crippen LogP) is 3.24. The molecule has 0 amide bonds. The Morgan fingerprint density at radius 2 is 1.95 bits per heavy atom. The summed E-state index contributed by atoms with van der Waals surface area (Å²) in [6.07, 6.45) is 1.18. The van der Waals surface area contributed by atoms with Crippen LogP contribution in [0.3, 0.4) is 0 Å². The molecule has 2 unspecified atom stereocenters. The van der Waals surface area contributed by atoms with Crippen LogP contribution in [0, 0.1) is 5.41 Å². The molecule has 3 heteroatoms. The molecule has 0 aromatic heterocycles. The fraction of sp³-hybridized carbons (Fsp3) is 0.625. The van der Waals surface area contributed by atoms with Crippen LogP contribution in [-0.4, -0.2) is 25.3 Å². The number of ether oxygens (including phenoxy) is 2. The van der Waals surface area contributed by atoms with Gasteiger partial charge in [-0.1, -0.05) is 39.8 Å². The lowest BCUT2D eigenvalue weighted by Crippen LogP contribution is -2.54. The molecule has 19 heavy (non-hydrogen) atoms. The topological polar surface area (TPSA) is 30.5 Å². The highest BCUT2D eigenvalue weighted by Gasteiger charge is 2.36. The van der Waals surface area contributed by atoms with E-state index in [0.29, 0.717) is 6.61 Å². The smallest absolute Gasteiger partial charge is 0.161 e. The minimum absolute atomic E-state index is 0.0569. The zero-order valence-corrected chi connectivity index (χ0v) is 12.4. The monoisotopic (exact) mass is 263 g/mol. The van der Waals surface area contributed by atoms with Gasteiger partial charge >= 0.3 is 0 Å². The molecule has 2 atom stereocenters. The van der Waals surface area contributed by atoms with Crippen LogP contribution in [0.5, 0.6) is 11.5 Å². The van der Waals surface area contributed by atoms with E-state index in [-0.39, 0.29) is 17.6 Å². The molecule has 0 aliphatic carbocycles. The number of benzene rings is 1. The van der Waals surface area contributed by atoms with Gasteiger partial charge in [0.2, 0.25) is 0 Å². The molecule has 1 N–H and O–H groups in total. The highest BCUT2D eigenvalue weighted by molar-refractivity contribution is 5.40. The Bertz CT molecular complexity index is 411. The van der Waals surface area contributed by atoms with E-state index in [2.05, 4.69) is 33.0 Å². The molecule has 1 aromatic rings. The van der Waals surface area contributed by atoms with E-state index in [1.807, 2.05) is 24.3 Å². The summed E-state index contributed by atoms with van der Waals surface area (Å²) in [6, 6.07) is 8.16. The lowest BCUT2D eigenvalue weighted by Gasteiger charge is -2.39. The van der Waals surface area contributed by atoms with Crippen LogP contribution < -0.4 is 14.8 Å². The summed E-state index contributed by atoms with van der Waals surface area (Å²) in [6.45, 7) is 10.5. The Morgan fingerprint density at radius 3 is 2.58 bits per heavy atom. The maximum absolute atomic E-state index is 6.13. The van der Waals surface area contributed by atoms with E-state index < -0.39 is 0 Å². The van der Waals surface area contributed by atoms with E-state index >= 15 is 0 Å². The molecular weight excluding hydrogens is 238 g/mol. The predicted molar refractivity (Wildman–Crippen MR) is 77.9 cm³/mol. The quantitative estimate of drug-likeness (QED) is 0.904. The number of hydrogen-bond donors (Lipinski definition) is 1. The molecule has 1 aliphatic rings. The molecule has 3 nitrogen and oxygen atoms in total. The summed E-state index contributed by atoms with van der Waals surface area (Å²) in [5, 5.41) is 3.60. The highest BCUT2D eigenvalue weighted by atomic mass is 16.6. The Labute approximate surface area is 116 Å². The van der Waals surface area contributed by atoms with Crippen molar-refractivity contribution < 1.29 is 9.47 Å². The second kappa shape index (κ2) is 5.83. The van der Waals surface area contributed by atoms with Gasteiger partial charge in [0.15, 0.2) is 11.5 Å². The average Bonchev–Trinajstić information content (AvgIpc) is 2.37. The van der Waals surface area contributed by atoms with Crippen molar-refractivity contribution in [3.8, 4) is 11.5 Å². The third-order valence-corrected chi connectivity index (χ3v) is 3.45. The first-order chi connectivity index (χ1) is 9.02. The van der Waals surface area contributed by atoms with Crippen LogP contribution in [0.25, 0.3) is 0 Å². The maximum Gasteiger partial charge on any atom is 0.161 e. The van der Waals surface area contributed by atoms with Gasteiger partial charge in [-0.05, 0) is 30.5 Å². The van der Waals surface area contributed by atoms with Crippen molar-refractivity contribution in [1.82, 2.24) is 5.32 Å². The normalized spacial score (nSPS) is 20.1. The number of fused-ring (bicyclic) bond motifs is 1. The van der Waals surface area contributed by atoms with Crippen molar-refractivity contribution in [3.63, 3.8) is 0 Å². The van der Waals surface area contributed by atoms with E-state index in [1.54, 1.807) is 0 Å². The number of para-hydroxylation sites is 2. The molecule has 0 bridgehead atoms. The van der Waals surface area contributed by atoms with Crippen molar-refractivity contribution >= 4 is 0 Å². The molecule has 0 spiro atoms. The maximum atomic E-state index is 6.13. The molecule has 1 aliphatic heterocycles. The van der Waals surface area contributed by atoms with Gasteiger partial charge in [0.05, 0.1) is 6.04 Å². The Kier molecular flexibility index (Phi) is 4.35. The van der Waals surface area contributed by atoms with Crippen LogP contribution in [0.1, 0.15) is 34.1 Å². The van der Waals surface area contributed by atoms with Crippen LogP contribution in [0.15, 0.2) is 24.3 Å². The first-order valence-electron chi connectivity index (χ1n) is 7.14. The molecule has 0 radical (unpaired) electrons. The largest absolute Gasteiger partial charge is 0.486 e. The van der Waals surface area contributed by atoms with Crippen molar-refractivity contribution in [2.75, 3.05) is 13.2 Å². The average molecular weight is 263 g/mol. The first-order valence-corrected chi connectivity index (χ1v) is 7.14. The zero-order chi connectivity index (χ0) is 13.9. The van der Waals surface area contributed by atoms with Gasteiger partial charge in [-0.25, -0.2) is 0 Å². The van der Waals surface area contributed by atoms with Gasteiger partial charge in [-0.2, -0.15) is 0 Å². The minimum atomic E-state index is 0.0569.